The molecule has 8 nitrogen and oxygen atoms in total. The number of nitrogens with one attached hydrogen (secondary N) is 2. The van der Waals surface area contributed by atoms with E-state index < -0.39 is 4.92 Å². The van der Waals surface area contributed by atoms with Crippen LogP contribution in [0.15, 0.2) is 42.5 Å². The number of non-ortho nitro benzene ring substituents is 1. The maximum absolute atomic E-state index is 12.4. The molecule has 0 aromatic heterocycles. The van der Waals surface area contributed by atoms with E-state index in [1.807, 2.05) is 11.8 Å². The van der Waals surface area contributed by atoms with Gasteiger partial charge in [-0.1, -0.05) is 0 Å². The van der Waals surface area contributed by atoms with Crippen LogP contribution in [-0.4, -0.2) is 36.4 Å². The van der Waals surface area contributed by atoms with Crippen molar-refractivity contribution in [3.63, 3.8) is 0 Å². The van der Waals surface area contributed by atoms with Gasteiger partial charge in [0.15, 0.2) is 0 Å². The maximum atomic E-state index is 12.4. The molecule has 0 bridgehead atoms. The minimum Gasteiger partial charge on any atom is -0.359 e. The van der Waals surface area contributed by atoms with Crippen LogP contribution in [0.5, 0.6) is 0 Å². The molecule has 1 aliphatic rings. The van der Waals surface area contributed by atoms with Crippen molar-refractivity contribution >= 4 is 28.9 Å². The second-order valence-corrected chi connectivity index (χ2v) is 6.46. The van der Waals surface area contributed by atoms with Crippen molar-refractivity contribution in [3.8, 4) is 0 Å². The molecule has 0 fully saturated rings. The molecule has 3 rings (SSSR count). The normalized spacial score (nSPS) is 15.2. The molecule has 2 N–H and O–H groups in total. The fraction of sp³-hybridized carbons (Fsp3) is 0.263. The molecular formula is C19H20N4O4. The van der Waals surface area contributed by atoms with E-state index in [0.29, 0.717) is 17.7 Å². The molecule has 8 heteroatoms. The monoisotopic (exact) mass is 368 g/mol. The first-order valence-corrected chi connectivity index (χ1v) is 8.55. The van der Waals surface area contributed by atoms with Crippen molar-refractivity contribution in [2.24, 2.45) is 0 Å². The molecule has 0 saturated carbocycles. The number of anilines is 2. The number of fused-ring (bicyclic) bond motifs is 1. The average molecular weight is 368 g/mol. The summed E-state index contributed by atoms with van der Waals surface area (Å²) < 4.78 is 0. The molecule has 2 aromatic rings. The van der Waals surface area contributed by atoms with E-state index >= 15 is 0 Å². The number of amides is 2. The highest BCUT2D eigenvalue weighted by Gasteiger charge is 2.29. The van der Waals surface area contributed by atoms with Gasteiger partial charge in [-0.15, -0.1) is 0 Å². The molecule has 0 radical (unpaired) electrons. The number of benzene rings is 2. The summed E-state index contributed by atoms with van der Waals surface area (Å²) in [5, 5.41) is 16.3. The summed E-state index contributed by atoms with van der Waals surface area (Å²) in [6.45, 7) is 2.13. The van der Waals surface area contributed by atoms with E-state index in [2.05, 4.69) is 10.6 Å². The summed E-state index contributed by atoms with van der Waals surface area (Å²) in [4.78, 5) is 36.4. The van der Waals surface area contributed by atoms with Crippen LogP contribution < -0.4 is 15.5 Å². The predicted molar refractivity (Wildman–Crippen MR) is 102 cm³/mol. The molecule has 0 saturated heterocycles. The number of hydrogen-bond donors (Lipinski definition) is 2. The lowest BCUT2D eigenvalue weighted by Crippen LogP contribution is -2.37. The zero-order valence-corrected chi connectivity index (χ0v) is 15.1. The standard InChI is InChI=1S/C19H20N4O4/c1-12-9-14-10-16(23(26)27)7-8-17(14)22(12)11-18(24)21-15-5-3-13(4-6-15)19(25)20-2/h3-8,10,12H,9,11H2,1-2H3,(H,20,25)(H,21,24)/t12-/m0/s1. The van der Waals surface area contributed by atoms with Gasteiger partial charge in [0, 0.05) is 42.2 Å². The number of nitro groups is 1. The second-order valence-electron chi connectivity index (χ2n) is 6.46. The first-order chi connectivity index (χ1) is 12.9. The Morgan fingerprint density at radius 2 is 1.93 bits per heavy atom. The van der Waals surface area contributed by atoms with E-state index in [1.54, 1.807) is 43.4 Å². The van der Waals surface area contributed by atoms with E-state index in [1.165, 1.54) is 6.07 Å². The van der Waals surface area contributed by atoms with Crippen LogP contribution in [-0.2, 0) is 11.2 Å². The topological polar surface area (TPSA) is 105 Å². The Bertz CT molecular complexity index is 895. The van der Waals surface area contributed by atoms with Gasteiger partial charge in [-0.05, 0) is 49.2 Å². The number of carbonyl (C=O) groups is 2. The van der Waals surface area contributed by atoms with Crippen LogP contribution in [0.25, 0.3) is 0 Å². The van der Waals surface area contributed by atoms with E-state index in [9.17, 15) is 19.7 Å². The van der Waals surface area contributed by atoms with Gasteiger partial charge >= 0.3 is 0 Å². The molecular weight excluding hydrogens is 348 g/mol. The van der Waals surface area contributed by atoms with Crippen LogP contribution in [0.4, 0.5) is 17.1 Å². The van der Waals surface area contributed by atoms with Gasteiger partial charge in [0.25, 0.3) is 11.6 Å². The Kier molecular flexibility index (Phi) is 5.07. The van der Waals surface area contributed by atoms with Crippen LogP contribution >= 0.6 is 0 Å². The molecule has 1 aliphatic heterocycles. The third-order valence-corrected chi connectivity index (χ3v) is 4.60. The number of nitro benzene ring substituents is 1. The largest absolute Gasteiger partial charge is 0.359 e. The highest BCUT2D eigenvalue weighted by molar-refractivity contribution is 5.97. The van der Waals surface area contributed by atoms with Crippen molar-refractivity contribution in [2.75, 3.05) is 23.8 Å². The van der Waals surface area contributed by atoms with Gasteiger partial charge in [-0.3, -0.25) is 19.7 Å². The molecule has 140 valence electrons. The number of rotatable bonds is 5. The van der Waals surface area contributed by atoms with Crippen molar-refractivity contribution in [1.29, 1.82) is 0 Å². The number of hydrogen-bond acceptors (Lipinski definition) is 5. The smallest absolute Gasteiger partial charge is 0.269 e. The van der Waals surface area contributed by atoms with Gasteiger partial charge in [-0.2, -0.15) is 0 Å². The van der Waals surface area contributed by atoms with E-state index in [-0.39, 0.29) is 30.1 Å². The Morgan fingerprint density at radius 3 is 2.56 bits per heavy atom. The molecule has 1 atom stereocenters. The Morgan fingerprint density at radius 1 is 1.22 bits per heavy atom. The van der Waals surface area contributed by atoms with Crippen molar-refractivity contribution < 1.29 is 14.5 Å². The Balaban J connectivity index is 1.68. The summed E-state index contributed by atoms with van der Waals surface area (Å²) in [6.07, 6.45) is 0.658. The first-order valence-electron chi connectivity index (χ1n) is 8.55. The zero-order chi connectivity index (χ0) is 19.6. The lowest BCUT2D eigenvalue weighted by Gasteiger charge is -2.24. The minimum absolute atomic E-state index is 0.0588. The molecule has 0 aliphatic carbocycles. The number of nitrogens with zero attached hydrogens (tertiary/aromatic N) is 2. The van der Waals surface area contributed by atoms with Gasteiger partial charge in [0.2, 0.25) is 5.91 Å². The third-order valence-electron chi connectivity index (χ3n) is 4.60. The van der Waals surface area contributed by atoms with Gasteiger partial charge < -0.3 is 15.5 Å². The fourth-order valence-electron chi connectivity index (χ4n) is 3.24. The van der Waals surface area contributed by atoms with Crippen molar-refractivity contribution in [2.45, 2.75) is 19.4 Å². The molecule has 2 amide bonds. The van der Waals surface area contributed by atoms with Crippen LogP contribution in [0.1, 0.15) is 22.8 Å². The highest BCUT2D eigenvalue weighted by atomic mass is 16.6. The Hall–Kier alpha value is -3.42. The molecule has 0 unspecified atom stereocenters. The lowest BCUT2D eigenvalue weighted by molar-refractivity contribution is -0.384. The van der Waals surface area contributed by atoms with Crippen molar-refractivity contribution in [1.82, 2.24) is 5.32 Å². The Labute approximate surface area is 156 Å². The van der Waals surface area contributed by atoms with Gasteiger partial charge in [-0.25, -0.2) is 0 Å². The lowest BCUT2D eigenvalue weighted by atomic mass is 10.1. The minimum atomic E-state index is -0.414. The van der Waals surface area contributed by atoms with Gasteiger partial charge in [0.05, 0.1) is 11.5 Å². The fourth-order valence-corrected chi connectivity index (χ4v) is 3.24. The van der Waals surface area contributed by atoms with Crippen LogP contribution in [0.2, 0.25) is 0 Å². The zero-order valence-electron chi connectivity index (χ0n) is 15.1. The summed E-state index contributed by atoms with van der Waals surface area (Å²) in [5.74, 6) is -0.384. The van der Waals surface area contributed by atoms with E-state index in [0.717, 1.165) is 11.3 Å². The molecule has 0 spiro atoms. The quantitative estimate of drug-likeness (QED) is 0.623. The summed E-state index contributed by atoms with van der Waals surface area (Å²) >= 11 is 0. The number of carbonyl (C=O) groups excluding carboxylic acids is 2. The highest BCUT2D eigenvalue weighted by Crippen LogP contribution is 2.34. The van der Waals surface area contributed by atoms with Crippen LogP contribution in [0.3, 0.4) is 0 Å². The average Bonchev–Trinajstić information content (AvgIpc) is 2.96. The maximum Gasteiger partial charge on any atom is 0.269 e. The first kappa shape index (κ1) is 18.4. The third kappa shape index (κ3) is 3.89. The summed E-state index contributed by atoms with van der Waals surface area (Å²) in [5.41, 5.74) is 2.89. The predicted octanol–water partition coefficient (Wildman–Crippen LogP) is 2.34. The summed E-state index contributed by atoms with van der Waals surface area (Å²) in [7, 11) is 1.56. The molecule has 27 heavy (non-hydrogen) atoms. The molecule has 1 heterocycles. The van der Waals surface area contributed by atoms with Crippen molar-refractivity contribution in [3.05, 3.63) is 63.7 Å². The molecule has 2 aromatic carbocycles. The SMILES string of the molecule is CNC(=O)c1ccc(NC(=O)CN2c3ccc([N+](=O)[O-])cc3C[C@@H]2C)cc1. The second kappa shape index (κ2) is 7.45. The van der Waals surface area contributed by atoms with Crippen LogP contribution in [0, 0.1) is 10.1 Å². The van der Waals surface area contributed by atoms with E-state index in [4.69, 9.17) is 0 Å². The summed E-state index contributed by atoms with van der Waals surface area (Å²) in [6, 6.07) is 11.4. The van der Waals surface area contributed by atoms with Gasteiger partial charge in [0.1, 0.15) is 0 Å².